The number of hydrogen-bond acceptors (Lipinski definition) is 3. The predicted molar refractivity (Wildman–Crippen MR) is 114 cm³/mol. The Balaban J connectivity index is 0. The molecular formula is C20H44LiO3PSi. The van der Waals surface area contributed by atoms with Crippen LogP contribution in [0.3, 0.4) is 0 Å². The van der Waals surface area contributed by atoms with Gasteiger partial charge < -0.3 is 9.05 Å². The first-order valence-corrected chi connectivity index (χ1v) is 15.6. The van der Waals surface area contributed by atoms with Crippen LogP contribution in [0.15, 0.2) is 0 Å². The summed E-state index contributed by atoms with van der Waals surface area (Å²) in [4.78, 5) is 0. The van der Waals surface area contributed by atoms with Gasteiger partial charge >= 0.3 is 18.9 Å². The van der Waals surface area contributed by atoms with Crippen LogP contribution in [0.5, 0.6) is 0 Å². The summed E-state index contributed by atoms with van der Waals surface area (Å²) >= 11 is 0. The fraction of sp³-hybridized carbons (Fsp3) is 0.950. The van der Waals surface area contributed by atoms with Crippen LogP contribution < -0.4 is 18.9 Å². The summed E-state index contributed by atoms with van der Waals surface area (Å²) in [6, 6.07) is 0. The molecule has 0 radical (unpaired) electrons. The number of rotatable bonds is 17. The van der Waals surface area contributed by atoms with Gasteiger partial charge in [-0.2, -0.15) is 11.7 Å². The van der Waals surface area contributed by atoms with E-state index < -0.39 is 15.7 Å². The van der Waals surface area contributed by atoms with Crippen molar-refractivity contribution >= 4 is 15.7 Å². The Morgan fingerprint density at radius 1 is 0.731 bits per heavy atom. The normalized spacial score (nSPS) is 12.4. The third-order valence-electron chi connectivity index (χ3n) is 4.56. The van der Waals surface area contributed by atoms with Crippen molar-refractivity contribution in [2.75, 3.05) is 13.2 Å². The smallest absolute Gasteiger partial charge is 0.331 e. The Bertz CT molecular complexity index is 351. The second-order valence-corrected chi connectivity index (χ2v) is 15.5. The summed E-state index contributed by atoms with van der Waals surface area (Å²) in [5.74, 6) is 0. The van der Waals surface area contributed by atoms with Crippen LogP contribution in [-0.4, -0.2) is 21.3 Å². The van der Waals surface area contributed by atoms with Crippen molar-refractivity contribution < 1.29 is 32.5 Å². The molecule has 0 amide bonds. The summed E-state index contributed by atoms with van der Waals surface area (Å²) in [7, 11) is -4.74. The average molecular weight is 399 g/mol. The van der Waals surface area contributed by atoms with E-state index in [1.165, 1.54) is 57.8 Å². The van der Waals surface area contributed by atoms with E-state index >= 15 is 0 Å². The van der Waals surface area contributed by atoms with Gasteiger partial charge in [-0.15, -0.1) is 0 Å². The molecule has 0 aliphatic carbocycles. The van der Waals surface area contributed by atoms with Gasteiger partial charge in [0.25, 0.3) is 0 Å². The quantitative estimate of drug-likeness (QED) is 0.150. The molecule has 26 heavy (non-hydrogen) atoms. The molecule has 0 aliphatic heterocycles. The molecule has 0 aromatic carbocycles. The molecule has 0 atom stereocenters. The largest absolute Gasteiger partial charge is 1.00 e. The van der Waals surface area contributed by atoms with Gasteiger partial charge in [0.1, 0.15) is 0 Å². The Hall–Kier alpha value is 0.964. The Morgan fingerprint density at radius 3 is 1.46 bits per heavy atom. The zero-order chi connectivity index (χ0) is 19.2. The van der Waals surface area contributed by atoms with Crippen molar-refractivity contribution in [1.82, 2.24) is 0 Å². The number of unbranched alkanes of at least 4 members (excludes halogenated alkanes) is 9. The molecule has 0 saturated carbocycles. The molecule has 0 unspecified atom stereocenters. The van der Waals surface area contributed by atoms with Crippen LogP contribution >= 0.6 is 7.60 Å². The Morgan fingerprint density at radius 2 is 1.12 bits per heavy atom. The summed E-state index contributed by atoms with van der Waals surface area (Å²) in [6.45, 7) is 13.7. The molecule has 0 heterocycles. The van der Waals surface area contributed by atoms with Crippen LogP contribution in [0.2, 0.25) is 19.6 Å². The molecule has 0 aromatic heterocycles. The van der Waals surface area contributed by atoms with E-state index in [4.69, 9.17) is 9.05 Å². The van der Waals surface area contributed by atoms with Gasteiger partial charge in [0.15, 0.2) is 7.60 Å². The van der Waals surface area contributed by atoms with Gasteiger partial charge in [-0.25, -0.2) is 0 Å². The van der Waals surface area contributed by atoms with Crippen molar-refractivity contribution in [1.29, 1.82) is 0 Å². The predicted octanol–water partition coefficient (Wildman–Crippen LogP) is 4.98. The molecule has 152 valence electrons. The van der Waals surface area contributed by atoms with Crippen LogP contribution in [0.25, 0.3) is 0 Å². The van der Waals surface area contributed by atoms with E-state index in [1.54, 1.807) is 0 Å². The monoisotopic (exact) mass is 398 g/mol. The molecule has 0 bridgehead atoms. The minimum Gasteiger partial charge on any atom is -0.331 e. The first kappa shape index (κ1) is 29.2. The van der Waals surface area contributed by atoms with Crippen molar-refractivity contribution in [2.24, 2.45) is 0 Å². The molecule has 0 saturated heterocycles. The van der Waals surface area contributed by atoms with E-state index in [-0.39, 0.29) is 18.9 Å². The van der Waals surface area contributed by atoms with Crippen molar-refractivity contribution in [3.05, 3.63) is 5.28 Å². The second-order valence-electron chi connectivity index (χ2n) is 7.96. The van der Waals surface area contributed by atoms with Gasteiger partial charge in [0.05, 0.1) is 13.2 Å². The van der Waals surface area contributed by atoms with Crippen LogP contribution in [-0.2, 0) is 13.6 Å². The molecule has 0 rings (SSSR count). The van der Waals surface area contributed by atoms with Crippen molar-refractivity contribution in [3.8, 4) is 0 Å². The molecule has 0 aromatic rings. The van der Waals surface area contributed by atoms with Crippen LogP contribution in [0.4, 0.5) is 0 Å². The van der Waals surface area contributed by atoms with E-state index in [1.807, 2.05) is 13.8 Å². The summed E-state index contributed by atoms with van der Waals surface area (Å²) < 4.78 is 24.5. The number of hydrogen-bond donors (Lipinski definition) is 0. The van der Waals surface area contributed by atoms with Gasteiger partial charge in [-0.3, -0.25) is 4.57 Å². The molecule has 0 aliphatic rings. The van der Waals surface area contributed by atoms with Crippen LogP contribution in [0, 0.1) is 5.28 Å². The maximum Gasteiger partial charge on any atom is 1.00 e. The van der Waals surface area contributed by atoms with E-state index in [9.17, 15) is 4.57 Å². The van der Waals surface area contributed by atoms with E-state index in [2.05, 4.69) is 26.6 Å². The Labute approximate surface area is 177 Å². The maximum absolute atomic E-state index is 13.2. The summed E-state index contributed by atoms with van der Waals surface area (Å²) in [5.41, 5.74) is 0. The molecule has 0 fully saturated rings. The van der Waals surface area contributed by atoms with E-state index in [0.717, 1.165) is 18.1 Å². The molecule has 0 spiro atoms. The first-order valence-electron chi connectivity index (χ1n) is 10.6. The molecule has 0 N–H and O–H groups in total. The second kappa shape index (κ2) is 16.9. The van der Waals surface area contributed by atoms with E-state index in [0.29, 0.717) is 13.2 Å². The van der Waals surface area contributed by atoms with Gasteiger partial charge in [-0.1, -0.05) is 98.8 Å². The molecular weight excluding hydrogens is 354 g/mol. The third-order valence-corrected chi connectivity index (χ3v) is 11.5. The molecule has 6 heteroatoms. The van der Waals surface area contributed by atoms with Crippen LogP contribution in [0.1, 0.15) is 91.4 Å². The Kier molecular flexibility index (Phi) is 18.9. The minimum atomic E-state index is -3.05. The van der Waals surface area contributed by atoms with Gasteiger partial charge in [0.2, 0.25) is 0 Å². The van der Waals surface area contributed by atoms with Crippen molar-refractivity contribution in [2.45, 2.75) is 111 Å². The summed E-state index contributed by atoms with van der Waals surface area (Å²) in [6.07, 6.45) is 14.1. The van der Waals surface area contributed by atoms with Gasteiger partial charge in [0, 0.05) is 0 Å². The minimum absolute atomic E-state index is 0. The molecule has 3 nitrogen and oxygen atoms in total. The zero-order valence-corrected chi connectivity index (χ0v) is 20.8. The topological polar surface area (TPSA) is 35.5 Å². The summed E-state index contributed by atoms with van der Waals surface area (Å²) in [5, 5.41) is 1.10. The fourth-order valence-electron chi connectivity index (χ4n) is 3.24. The van der Waals surface area contributed by atoms with Crippen molar-refractivity contribution in [3.63, 3.8) is 0 Å². The maximum atomic E-state index is 13.2. The van der Waals surface area contributed by atoms with Gasteiger partial charge in [-0.05, 0) is 13.8 Å². The third kappa shape index (κ3) is 13.2. The average Bonchev–Trinajstić information content (AvgIpc) is 2.51. The SMILES string of the molecule is CCCCCCCCCCCC[C-]([Si](C)(C)C)P(=O)(OCC)OCC.[Li+]. The fourth-order valence-corrected chi connectivity index (χ4v) is 9.33. The zero-order valence-electron chi connectivity index (χ0n) is 18.9. The standard InChI is InChI=1S/C20H44O3PSi.Li/c1-7-10-11-12-13-14-15-16-17-18-19-20(25(4,5)6)24(21,22-8-2)23-9-3;/h7-19H2,1-6H3;/q-1;+1. The first-order chi connectivity index (χ1) is 11.8.